The standard InChI is InChI=1S/C16H18N4O2/c21-15(10-13-4-1-6-17-11-13)20-9-2-5-14(12-20)22-16-18-7-3-8-19-16/h1,3-4,6-8,11,14H,2,5,9-10,12H2/t14-/m1/s1. The number of ether oxygens (including phenoxy) is 1. The number of aromatic nitrogens is 3. The third kappa shape index (κ3) is 3.78. The predicted octanol–water partition coefficient (Wildman–Crippen LogP) is 1.48. The molecule has 3 rings (SSSR count). The second kappa shape index (κ2) is 6.98. The number of carbonyl (C=O) groups is 1. The Balaban J connectivity index is 1.57. The Kier molecular flexibility index (Phi) is 4.58. The van der Waals surface area contributed by atoms with Gasteiger partial charge in [-0.2, -0.15) is 0 Å². The summed E-state index contributed by atoms with van der Waals surface area (Å²) >= 11 is 0. The number of hydrogen-bond donors (Lipinski definition) is 0. The molecule has 1 fully saturated rings. The van der Waals surface area contributed by atoms with Crippen LogP contribution < -0.4 is 4.74 Å². The topological polar surface area (TPSA) is 68.2 Å². The molecule has 1 amide bonds. The number of piperidine rings is 1. The number of pyridine rings is 1. The van der Waals surface area contributed by atoms with Gasteiger partial charge in [0.15, 0.2) is 0 Å². The van der Waals surface area contributed by atoms with E-state index in [4.69, 9.17) is 4.74 Å². The highest BCUT2D eigenvalue weighted by Gasteiger charge is 2.25. The van der Waals surface area contributed by atoms with Gasteiger partial charge in [-0.05, 0) is 30.5 Å². The first-order chi connectivity index (χ1) is 10.8. The van der Waals surface area contributed by atoms with Crippen LogP contribution in [0.3, 0.4) is 0 Å². The fourth-order valence-corrected chi connectivity index (χ4v) is 2.55. The molecule has 2 aromatic rings. The highest BCUT2D eigenvalue weighted by atomic mass is 16.5. The van der Waals surface area contributed by atoms with E-state index >= 15 is 0 Å². The molecule has 114 valence electrons. The Morgan fingerprint density at radius 1 is 1.27 bits per heavy atom. The third-order valence-electron chi connectivity index (χ3n) is 3.62. The van der Waals surface area contributed by atoms with E-state index in [1.54, 1.807) is 30.9 Å². The van der Waals surface area contributed by atoms with E-state index in [0.29, 0.717) is 19.0 Å². The molecule has 6 nitrogen and oxygen atoms in total. The minimum absolute atomic E-state index is 0.0472. The summed E-state index contributed by atoms with van der Waals surface area (Å²) in [4.78, 5) is 26.4. The lowest BCUT2D eigenvalue weighted by Crippen LogP contribution is -2.45. The van der Waals surface area contributed by atoms with Gasteiger partial charge in [0, 0.05) is 31.3 Å². The molecule has 0 unspecified atom stereocenters. The maximum Gasteiger partial charge on any atom is 0.316 e. The molecule has 1 atom stereocenters. The van der Waals surface area contributed by atoms with E-state index in [0.717, 1.165) is 24.9 Å². The molecule has 2 aromatic heterocycles. The molecule has 0 radical (unpaired) electrons. The number of carbonyl (C=O) groups excluding carboxylic acids is 1. The lowest BCUT2D eigenvalue weighted by molar-refractivity contribution is -0.133. The summed E-state index contributed by atoms with van der Waals surface area (Å²) < 4.78 is 5.76. The van der Waals surface area contributed by atoms with Crippen molar-refractivity contribution in [2.45, 2.75) is 25.4 Å². The number of hydrogen-bond acceptors (Lipinski definition) is 5. The lowest BCUT2D eigenvalue weighted by atomic mass is 10.1. The molecular weight excluding hydrogens is 280 g/mol. The molecule has 0 aromatic carbocycles. The number of amides is 1. The Bertz CT molecular complexity index is 606. The van der Waals surface area contributed by atoms with Gasteiger partial charge in [-0.15, -0.1) is 0 Å². The van der Waals surface area contributed by atoms with Crippen LogP contribution in [0.1, 0.15) is 18.4 Å². The van der Waals surface area contributed by atoms with Gasteiger partial charge in [0.25, 0.3) is 0 Å². The summed E-state index contributed by atoms with van der Waals surface area (Å²) in [6, 6.07) is 5.88. The van der Waals surface area contributed by atoms with Crippen molar-refractivity contribution in [2.24, 2.45) is 0 Å². The van der Waals surface area contributed by atoms with Gasteiger partial charge in [-0.25, -0.2) is 9.97 Å². The summed E-state index contributed by atoms with van der Waals surface area (Å²) in [6.07, 6.45) is 8.90. The molecular formula is C16H18N4O2. The molecule has 0 saturated carbocycles. The lowest BCUT2D eigenvalue weighted by Gasteiger charge is -2.32. The van der Waals surface area contributed by atoms with Crippen LogP contribution in [-0.2, 0) is 11.2 Å². The minimum Gasteiger partial charge on any atom is -0.458 e. The smallest absolute Gasteiger partial charge is 0.316 e. The van der Waals surface area contributed by atoms with Crippen molar-refractivity contribution in [3.8, 4) is 6.01 Å². The minimum atomic E-state index is -0.0472. The average Bonchev–Trinajstić information content (AvgIpc) is 2.57. The monoisotopic (exact) mass is 298 g/mol. The van der Waals surface area contributed by atoms with Crippen molar-refractivity contribution >= 4 is 5.91 Å². The van der Waals surface area contributed by atoms with Crippen LogP contribution in [0.15, 0.2) is 43.0 Å². The zero-order valence-electron chi connectivity index (χ0n) is 12.3. The van der Waals surface area contributed by atoms with Crippen molar-refractivity contribution in [1.29, 1.82) is 0 Å². The van der Waals surface area contributed by atoms with E-state index in [2.05, 4.69) is 15.0 Å². The first-order valence-electron chi connectivity index (χ1n) is 7.41. The number of likely N-dealkylation sites (tertiary alicyclic amines) is 1. The van der Waals surface area contributed by atoms with Crippen LogP contribution in [0.25, 0.3) is 0 Å². The first kappa shape index (κ1) is 14.4. The van der Waals surface area contributed by atoms with Crippen LogP contribution >= 0.6 is 0 Å². The van der Waals surface area contributed by atoms with Crippen molar-refractivity contribution in [3.05, 3.63) is 48.5 Å². The van der Waals surface area contributed by atoms with Gasteiger partial charge in [-0.3, -0.25) is 9.78 Å². The Morgan fingerprint density at radius 2 is 2.14 bits per heavy atom. The largest absolute Gasteiger partial charge is 0.458 e. The van der Waals surface area contributed by atoms with Crippen molar-refractivity contribution in [3.63, 3.8) is 0 Å². The zero-order valence-corrected chi connectivity index (χ0v) is 12.3. The Labute approximate surface area is 129 Å². The Hall–Kier alpha value is -2.50. The maximum absolute atomic E-state index is 12.4. The number of nitrogens with zero attached hydrogens (tertiary/aromatic N) is 4. The van der Waals surface area contributed by atoms with E-state index in [9.17, 15) is 4.79 Å². The molecule has 1 saturated heterocycles. The molecule has 0 N–H and O–H groups in total. The second-order valence-electron chi connectivity index (χ2n) is 5.29. The van der Waals surface area contributed by atoms with Crippen molar-refractivity contribution < 1.29 is 9.53 Å². The van der Waals surface area contributed by atoms with Crippen molar-refractivity contribution in [2.75, 3.05) is 13.1 Å². The van der Waals surface area contributed by atoms with Crippen molar-refractivity contribution in [1.82, 2.24) is 19.9 Å². The molecule has 1 aliphatic heterocycles. The summed E-state index contributed by atoms with van der Waals surface area (Å²) in [6.45, 7) is 1.35. The fourth-order valence-electron chi connectivity index (χ4n) is 2.55. The van der Waals surface area contributed by atoms with Crippen LogP contribution in [0, 0.1) is 0 Å². The summed E-state index contributed by atoms with van der Waals surface area (Å²) in [5, 5.41) is 0. The van der Waals surface area contributed by atoms with Gasteiger partial charge in [0.2, 0.25) is 5.91 Å². The van der Waals surface area contributed by atoms with E-state index in [1.807, 2.05) is 17.0 Å². The average molecular weight is 298 g/mol. The quantitative estimate of drug-likeness (QED) is 0.855. The molecule has 22 heavy (non-hydrogen) atoms. The molecule has 3 heterocycles. The van der Waals surface area contributed by atoms with Gasteiger partial charge in [0.1, 0.15) is 6.10 Å². The highest BCUT2D eigenvalue weighted by Crippen LogP contribution is 2.16. The van der Waals surface area contributed by atoms with Gasteiger partial charge in [0.05, 0.1) is 13.0 Å². The predicted molar refractivity (Wildman–Crippen MR) is 80.2 cm³/mol. The molecule has 0 bridgehead atoms. The third-order valence-corrected chi connectivity index (χ3v) is 3.62. The summed E-state index contributed by atoms with van der Waals surface area (Å²) in [7, 11) is 0. The summed E-state index contributed by atoms with van der Waals surface area (Å²) in [5.74, 6) is 0.107. The zero-order chi connectivity index (χ0) is 15.2. The van der Waals surface area contributed by atoms with E-state index in [-0.39, 0.29) is 12.0 Å². The Morgan fingerprint density at radius 3 is 2.91 bits per heavy atom. The number of rotatable bonds is 4. The van der Waals surface area contributed by atoms with Crippen LogP contribution in [0.2, 0.25) is 0 Å². The van der Waals surface area contributed by atoms with Crippen LogP contribution in [0.5, 0.6) is 6.01 Å². The second-order valence-corrected chi connectivity index (χ2v) is 5.29. The fraction of sp³-hybridized carbons (Fsp3) is 0.375. The summed E-state index contributed by atoms with van der Waals surface area (Å²) in [5.41, 5.74) is 0.932. The first-order valence-corrected chi connectivity index (χ1v) is 7.41. The van der Waals surface area contributed by atoms with Gasteiger partial charge < -0.3 is 9.64 Å². The highest BCUT2D eigenvalue weighted by molar-refractivity contribution is 5.78. The van der Waals surface area contributed by atoms with Gasteiger partial charge in [-0.1, -0.05) is 6.07 Å². The maximum atomic E-state index is 12.4. The van der Waals surface area contributed by atoms with E-state index < -0.39 is 0 Å². The van der Waals surface area contributed by atoms with Crippen LogP contribution in [-0.4, -0.2) is 45.0 Å². The SMILES string of the molecule is O=C(Cc1cccnc1)N1CCC[C@@H](Oc2ncccn2)C1. The van der Waals surface area contributed by atoms with Crippen LogP contribution in [0.4, 0.5) is 0 Å². The normalized spacial score (nSPS) is 18.0. The molecule has 0 aliphatic carbocycles. The van der Waals surface area contributed by atoms with E-state index in [1.165, 1.54) is 0 Å². The molecule has 0 spiro atoms. The van der Waals surface area contributed by atoms with Gasteiger partial charge >= 0.3 is 6.01 Å². The molecule has 1 aliphatic rings. The molecule has 6 heteroatoms.